The molecule has 2 aliphatic heterocycles. The molecule has 2 fully saturated rings. The molecule has 1 N–H and O–H groups in total. The molecule has 1 aromatic rings. The van der Waals surface area contributed by atoms with Crippen molar-refractivity contribution in [2.24, 2.45) is 5.41 Å². The first-order chi connectivity index (χ1) is 9.74. The van der Waals surface area contributed by atoms with Crippen molar-refractivity contribution in [3.63, 3.8) is 0 Å². The summed E-state index contributed by atoms with van der Waals surface area (Å²) in [5.41, 5.74) is 2.27. The van der Waals surface area contributed by atoms with E-state index < -0.39 is 0 Å². The molecule has 0 amide bonds. The summed E-state index contributed by atoms with van der Waals surface area (Å²) in [6.07, 6.45) is 5.12. The Morgan fingerprint density at radius 2 is 2.15 bits per heavy atom. The van der Waals surface area contributed by atoms with Gasteiger partial charge in [-0.3, -0.25) is 0 Å². The van der Waals surface area contributed by atoms with Crippen molar-refractivity contribution < 1.29 is 0 Å². The fourth-order valence-corrected chi connectivity index (χ4v) is 4.12. The topological polar surface area (TPSA) is 39.1 Å². The molecule has 3 nitrogen and oxygen atoms in total. The van der Waals surface area contributed by atoms with E-state index in [1.54, 1.807) is 0 Å². The first-order valence-electron chi connectivity index (χ1n) is 7.38. The van der Waals surface area contributed by atoms with E-state index in [2.05, 4.69) is 38.3 Å². The Morgan fingerprint density at radius 1 is 1.30 bits per heavy atom. The third kappa shape index (κ3) is 2.57. The second-order valence-electron chi connectivity index (χ2n) is 6.05. The lowest BCUT2D eigenvalue weighted by atomic mass is 9.74. The van der Waals surface area contributed by atoms with Crippen LogP contribution in [0, 0.1) is 16.7 Å². The van der Waals surface area contributed by atoms with Gasteiger partial charge in [-0.1, -0.05) is 6.07 Å². The Bertz CT molecular complexity index is 524. The van der Waals surface area contributed by atoms with Crippen LogP contribution in [-0.2, 0) is 0 Å². The average molecular weight is 334 g/mol. The van der Waals surface area contributed by atoms with Crippen LogP contribution in [0.1, 0.15) is 31.2 Å². The lowest BCUT2D eigenvalue weighted by Crippen LogP contribution is -2.51. The zero-order chi connectivity index (χ0) is 14.0. The van der Waals surface area contributed by atoms with Crippen LogP contribution >= 0.6 is 15.9 Å². The summed E-state index contributed by atoms with van der Waals surface area (Å²) in [5.74, 6) is 0. The smallest absolute Gasteiger partial charge is 0.103 e. The fourth-order valence-electron chi connectivity index (χ4n) is 3.68. The highest BCUT2D eigenvalue weighted by atomic mass is 79.9. The van der Waals surface area contributed by atoms with Gasteiger partial charge in [0.15, 0.2) is 0 Å². The highest BCUT2D eigenvalue weighted by molar-refractivity contribution is 9.10. The quantitative estimate of drug-likeness (QED) is 0.857. The molecule has 0 radical (unpaired) electrons. The summed E-state index contributed by atoms with van der Waals surface area (Å²) < 4.78 is 0.902. The predicted molar refractivity (Wildman–Crippen MR) is 84.8 cm³/mol. The Labute approximate surface area is 129 Å². The van der Waals surface area contributed by atoms with E-state index in [0.29, 0.717) is 5.41 Å². The van der Waals surface area contributed by atoms with E-state index in [-0.39, 0.29) is 0 Å². The molecule has 0 aromatic heterocycles. The molecule has 0 saturated carbocycles. The van der Waals surface area contributed by atoms with Gasteiger partial charge in [0.2, 0.25) is 0 Å². The molecule has 106 valence electrons. The number of anilines is 1. The minimum atomic E-state index is 0.408. The summed E-state index contributed by atoms with van der Waals surface area (Å²) in [5, 5.41) is 13.0. The number of nitrogens with zero attached hydrogens (tertiary/aromatic N) is 2. The summed E-state index contributed by atoms with van der Waals surface area (Å²) in [7, 11) is 0. The van der Waals surface area contributed by atoms with Crippen molar-refractivity contribution >= 4 is 21.6 Å². The standard InChI is InChI=1S/C16H20BrN3/c17-14-4-1-5-15(13(14)10-18)20-9-3-7-16(12-20)6-2-8-19-11-16/h1,4-5,19H,2-3,6-9,11-12H2. The van der Waals surface area contributed by atoms with Crippen molar-refractivity contribution in [3.8, 4) is 6.07 Å². The second kappa shape index (κ2) is 5.75. The summed E-state index contributed by atoms with van der Waals surface area (Å²) in [6, 6.07) is 8.41. The molecular formula is C16H20BrN3. The van der Waals surface area contributed by atoms with E-state index in [0.717, 1.165) is 41.9 Å². The van der Waals surface area contributed by atoms with Crippen LogP contribution in [0.4, 0.5) is 5.69 Å². The molecule has 4 heteroatoms. The van der Waals surface area contributed by atoms with Crippen molar-refractivity contribution in [2.45, 2.75) is 25.7 Å². The Hall–Kier alpha value is -1.05. The van der Waals surface area contributed by atoms with Crippen molar-refractivity contribution in [1.82, 2.24) is 5.32 Å². The largest absolute Gasteiger partial charge is 0.370 e. The third-order valence-corrected chi connectivity index (χ3v) is 5.33. The number of rotatable bonds is 1. The zero-order valence-corrected chi connectivity index (χ0v) is 13.2. The molecule has 3 rings (SSSR count). The van der Waals surface area contributed by atoms with Crippen molar-refractivity contribution in [3.05, 3.63) is 28.2 Å². The number of nitriles is 1. The molecule has 2 heterocycles. The second-order valence-corrected chi connectivity index (χ2v) is 6.91. The average Bonchev–Trinajstić information content (AvgIpc) is 2.48. The molecule has 20 heavy (non-hydrogen) atoms. The van der Waals surface area contributed by atoms with Crippen LogP contribution in [0.5, 0.6) is 0 Å². The molecule has 1 aromatic carbocycles. The Kier molecular flexibility index (Phi) is 4.00. The van der Waals surface area contributed by atoms with Crippen LogP contribution in [0.15, 0.2) is 22.7 Å². The fraction of sp³-hybridized carbons (Fsp3) is 0.562. The van der Waals surface area contributed by atoms with E-state index in [1.807, 2.05) is 12.1 Å². The predicted octanol–water partition coefficient (Wildman–Crippen LogP) is 3.29. The number of nitrogens with one attached hydrogen (secondary N) is 1. The molecule has 2 aliphatic rings. The van der Waals surface area contributed by atoms with Gasteiger partial charge in [0.25, 0.3) is 0 Å². The van der Waals surface area contributed by atoms with Crippen molar-refractivity contribution in [1.29, 1.82) is 5.26 Å². The van der Waals surface area contributed by atoms with Crippen LogP contribution < -0.4 is 10.2 Å². The molecular weight excluding hydrogens is 314 g/mol. The van der Waals surface area contributed by atoms with Crippen LogP contribution in [0.2, 0.25) is 0 Å². The highest BCUT2D eigenvalue weighted by Gasteiger charge is 2.37. The van der Waals surface area contributed by atoms with E-state index in [1.165, 1.54) is 25.7 Å². The van der Waals surface area contributed by atoms with Crippen LogP contribution in [0.3, 0.4) is 0 Å². The summed E-state index contributed by atoms with van der Waals surface area (Å²) >= 11 is 3.50. The third-order valence-electron chi connectivity index (χ3n) is 4.67. The molecule has 0 aliphatic carbocycles. The van der Waals surface area contributed by atoms with Gasteiger partial charge in [0.1, 0.15) is 6.07 Å². The number of benzene rings is 1. The van der Waals surface area contributed by atoms with Gasteiger partial charge in [-0.25, -0.2) is 0 Å². The lowest BCUT2D eigenvalue weighted by molar-refractivity contribution is 0.173. The highest BCUT2D eigenvalue weighted by Crippen LogP contribution is 2.39. The van der Waals surface area contributed by atoms with Gasteiger partial charge in [-0.15, -0.1) is 0 Å². The number of hydrogen-bond acceptors (Lipinski definition) is 3. The number of hydrogen-bond donors (Lipinski definition) is 1. The lowest BCUT2D eigenvalue weighted by Gasteiger charge is -2.46. The van der Waals surface area contributed by atoms with E-state index in [4.69, 9.17) is 0 Å². The zero-order valence-electron chi connectivity index (χ0n) is 11.7. The van der Waals surface area contributed by atoms with Crippen molar-refractivity contribution in [2.75, 3.05) is 31.1 Å². The van der Waals surface area contributed by atoms with Gasteiger partial charge in [0, 0.05) is 29.5 Å². The monoisotopic (exact) mass is 333 g/mol. The Morgan fingerprint density at radius 3 is 2.90 bits per heavy atom. The van der Waals surface area contributed by atoms with Gasteiger partial charge in [-0.2, -0.15) is 5.26 Å². The first kappa shape index (κ1) is 13.9. The molecule has 0 bridgehead atoms. The first-order valence-corrected chi connectivity index (χ1v) is 8.18. The van der Waals surface area contributed by atoms with E-state index in [9.17, 15) is 5.26 Å². The van der Waals surface area contributed by atoms with Gasteiger partial charge >= 0.3 is 0 Å². The van der Waals surface area contributed by atoms with Crippen LogP contribution in [-0.4, -0.2) is 26.2 Å². The van der Waals surface area contributed by atoms with Gasteiger partial charge in [-0.05, 0) is 60.3 Å². The van der Waals surface area contributed by atoms with Crippen LogP contribution in [0.25, 0.3) is 0 Å². The number of halogens is 1. The molecule has 1 unspecified atom stereocenters. The molecule has 1 atom stereocenters. The SMILES string of the molecule is N#Cc1c(Br)cccc1N1CCCC2(CCCNC2)C1. The maximum Gasteiger partial charge on any atom is 0.103 e. The minimum absolute atomic E-state index is 0.408. The minimum Gasteiger partial charge on any atom is -0.370 e. The van der Waals surface area contributed by atoms with Gasteiger partial charge in [0.05, 0.1) is 11.3 Å². The maximum atomic E-state index is 9.41. The van der Waals surface area contributed by atoms with Gasteiger partial charge < -0.3 is 10.2 Å². The normalized spacial score (nSPS) is 26.5. The molecule has 1 spiro atoms. The molecule has 2 saturated heterocycles. The summed E-state index contributed by atoms with van der Waals surface area (Å²) in [4.78, 5) is 2.42. The maximum absolute atomic E-state index is 9.41. The van der Waals surface area contributed by atoms with E-state index >= 15 is 0 Å². The number of piperidine rings is 2. The summed E-state index contributed by atoms with van der Waals surface area (Å²) in [6.45, 7) is 4.42. The Balaban J connectivity index is 1.87.